The van der Waals surface area contributed by atoms with Crippen LogP contribution >= 0.6 is 0 Å². The van der Waals surface area contributed by atoms with E-state index in [9.17, 15) is 67.7 Å². The number of nitrogens with one attached hydrogen (secondary N) is 11. The van der Waals surface area contributed by atoms with Gasteiger partial charge < -0.3 is 83.9 Å². The van der Waals surface area contributed by atoms with Gasteiger partial charge in [-0.15, -0.1) is 0 Å². The molecule has 510 valence electrons. The Morgan fingerprint density at radius 2 is 1.15 bits per heavy atom. The SMILES string of the molecule is CC[C@H](C)[C@H](NC(=O)[C@@H](Cc1ccccc1)NC)C(=O)N[C@@H](CO)C(=O)N[C@H](CCC(N)=O)C(=O)N[C@@H](C(=O)N[C@H](C(=O)N[C@@H](CO)C(=O)N[C@H]1C(=O)N[C@@H](C)C(=O)N[C@@]2(C[C@H]2CCN2CCOCC2)C(=O)N[C@@H]([C@@H](C)CC)C(=O)O[C@H]1C)[C@@H](C)CC)[C@@H](C)CC. The molecular weight excluding hydrogens is 1180 g/mol. The molecule has 0 bridgehead atoms. The number of cyclic esters (lactones) is 1. The Labute approximate surface area is 533 Å². The molecule has 1 saturated carbocycles. The van der Waals surface area contributed by atoms with Crippen molar-refractivity contribution in [2.75, 3.05) is 53.1 Å². The van der Waals surface area contributed by atoms with Gasteiger partial charge in [-0.2, -0.15) is 0 Å². The summed E-state index contributed by atoms with van der Waals surface area (Å²) in [6, 6.07) is -4.96. The third-order valence-corrected chi connectivity index (χ3v) is 17.9. The molecule has 1 aliphatic carbocycles. The summed E-state index contributed by atoms with van der Waals surface area (Å²) < 4.78 is 11.3. The zero-order valence-corrected chi connectivity index (χ0v) is 54.6. The molecule has 2 aliphatic heterocycles. The summed E-state index contributed by atoms with van der Waals surface area (Å²) in [5, 5.41) is 50.0. The average molecular weight is 1280 g/mol. The van der Waals surface area contributed by atoms with E-state index in [1.807, 2.05) is 30.3 Å². The fourth-order valence-corrected chi connectivity index (χ4v) is 10.7. The second-order valence-corrected chi connectivity index (χ2v) is 24.5. The molecule has 3 aliphatic rings. The number of aliphatic hydroxyl groups is 2. The van der Waals surface area contributed by atoms with Crippen LogP contribution in [0.15, 0.2) is 30.3 Å². The number of aliphatic hydroxyl groups excluding tert-OH is 2. The molecule has 15 N–H and O–H groups in total. The minimum absolute atomic E-state index is 0.263. The van der Waals surface area contributed by atoms with Gasteiger partial charge >= 0.3 is 5.97 Å². The highest BCUT2D eigenvalue weighted by molar-refractivity contribution is 6.01. The van der Waals surface area contributed by atoms with E-state index in [-0.39, 0.29) is 25.2 Å². The lowest BCUT2D eigenvalue weighted by Gasteiger charge is -2.31. The molecule has 2 heterocycles. The van der Waals surface area contributed by atoms with Crippen LogP contribution in [0.5, 0.6) is 0 Å². The van der Waals surface area contributed by atoms with Crippen LogP contribution in [0, 0.1) is 29.6 Å². The minimum atomic E-state index is -1.81. The van der Waals surface area contributed by atoms with Crippen molar-refractivity contribution in [1.29, 1.82) is 0 Å². The smallest absolute Gasteiger partial charge is 0.329 e. The molecule has 0 unspecified atom stereocenters. The predicted molar refractivity (Wildman–Crippen MR) is 333 cm³/mol. The standard InChI is InChI=1S/C62H101N13O16/c1-12-33(5)46(70-53(81)42(64-11)29-39-19-17-16-18-20-39)56(84)67-43(31-76)54(82)66-41(21-22-45(63)78)52(80)69-48(35(7)14-3)58(86)71-47(34(6)13-2)57(85)68-44(32-77)55(83)72-50-38(10)91-60(88)49(36(8)15-4)73-61(89)62(74-51(79)37(9)65-59(50)87)30-40(62)23-24-75-25-27-90-28-26-75/h16-20,33-38,40-44,46-50,64,76-77H,12-15,21-32H2,1-11H3,(H2,63,78)(H,65,87)(H,66,82)(H,67,84)(H,68,85)(H,69,80)(H,70,81)(H,71,86)(H,72,83)(H,73,89)(H,74,79)/t33-,34-,35-,36-,37-,38-,40+,41+,42+,43-,44-,46-,47-,48+,49-,50+,62+/m0/s1. The number of hydrogen-bond acceptors (Lipinski definition) is 18. The van der Waals surface area contributed by atoms with E-state index in [1.54, 1.807) is 62.4 Å². The molecule has 17 atom stereocenters. The van der Waals surface area contributed by atoms with E-state index in [0.717, 1.165) is 5.56 Å². The zero-order valence-electron chi connectivity index (χ0n) is 54.6. The van der Waals surface area contributed by atoms with E-state index in [0.29, 0.717) is 58.5 Å². The lowest BCUT2D eigenvalue weighted by molar-refractivity contribution is -0.157. The highest BCUT2D eigenvalue weighted by Gasteiger charge is 2.61. The Kier molecular flexibility index (Phi) is 30.6. The van der Waals surface area contributed by atoms with Crippen molar-refractivity contribution in [1.82, 2.24) is 63.4 Å². The number of rotatable bonds is 33. The summed E-state index contributed by atoms with van der Waals surface area (Å²) >= 11 is 0. The van der Waals surface area contributed by atoms with Crippen LogP contribution in [0.2, 0.25) is 0 Å². The van der Waals surface area contributed by atoms with E-state index in [2.05, 4.69) is 63.4 Å². The van der Waals surface area contributed by atoms with Crippen LogP contribution in [-0.2, 0) is 73.4 Å². The van der Waals surface area contributed by atoms with Crippen molar-refractivity contribution >= 4 is 70.9 Å². The maximum absolute atomic E-state index is 14.4. The summed E-state index contributed by atoms with van der Waals surface area (Å²) in [6.45, 7) is 17.6. The largest absolute Gasteiger partial charge is 0.458 e. The van der Waals surface area contributed by atoms with Crippen molar-refractivity contribution in [2.45, 2.75) is 199 Å². The lowest BCUT2D eigenvalue weighted by Crippen LogP contribution is -2.63. The molecule has 2 saturated heterocycles. The van der Waals surface area contributed by atoms with Gasteiger partial charge in [-0.05, 0) is 88.3 Å². The number of likely N-dealkylation sites (N-methyl/N-ethyl adjacent to an activating group) is 1. The van der Waals surface area contributed by atoms with Crippen LogP contribution in [0.3, 0.4) is 0 Å². The highest BCUT2D eigenvalue weighted by Crippen LogP contribution is 2.47. The number of benzene rings is 1. The van der Waals surface area contributed by atoms with Gasteiger partial charge in [0.1, 0.15) is 66.0 Å². The van der Waals surface area contributed by atoms with Gasteiger partial charge in [-0.3, -0.25) is 57.6 Å². The fourth-order valence-electron chi connectivity index (χ4n) is 10.7. The number of carbonyl (C=O) groups is 12. The number of hydrogen-bond donors (Lipinski definition) is 14. The Bertz CT molecular complexity index is 2670. The first-order valence-electron chi connectivity index (χ1n) is 31.9. The van der Waals surface area contributed by atoms with Gasteiger partial charge in [-0.1, -0.05) is 111 Å². The normalized spacial score (nSPS) is 24.2. The highest BCUT2D eigenvalue weighted by atomic mass is 16.5. The van der Waals surface area contributed by atoms with Crippen LogP contribution in [0.25, 0.3) is 0 Å². The molecular formula is C62H101N13O16. The van der Waals surface area contributed by atoms with Crippen molar-refractivity contribution in [3.63, 3.8) is 0 Å². The number of primary amides is 1. The fraction of sp³-hybridized carbons (Fsp3) is 0.710. The summed E-state index contributed by atoms with van der Waals surface area (Å²) in [6.07, 6.45) is 0.170. The lowest BCUT2D eigenvalue weighted by atomic mass is 9.94. The van der Waals surface area contributed by atoms with Crippen molar-refractivity contribution < 1.29 is 77.2 Å². The molecule has 0 aromatic heterocycles. The molecule has 1 aromatic carbocycles. The average Bonchev–Trinajstić information content (AvgIpc) is 1.58. The van der Waals surface area contributed by atoms with Crippen LogP contribution in [-0.4, -0.2) is 211 Å². The monoisotopic (exact) mass is 1280 g/mol. The summed E-state index contributed by atoms with van der Waals surface area (Å²) in [5.74, 6) is -13.0. The number of ether oxygens (including phenoxy) is 2. The first kappa shape index (κ1) is 76.1. The van der Waals surface area contributed by atoms with Crippen molar-refractivity contribution in [2.24, 2.45) is 35.3 Å². The predicted octanol–water partition coefficient (Wildman–Crippen LogP) is -2.82. The summed E-state index contributed by atoms with van der Waals surface area (Å²) in [5.41, 5.74) is 4.93. The Balaban J connectivity index is 1.51. The van der Waals surface area contributed by atoms with E-state index in [4.69, 9.17) is 15.2 Å². The summed E-state index contributed by atoms with van der Waals surface area (Å²) in [7, 11) is 1.60. The molecule has 29 nitrogen and oxygen atoms in total. The van der Waals surface area contributed by atoms with Gasteiger partial charge in [0, 0.05) is 19.5 Å². The Morgan fingerprint density at radius 1 is 0.659 bits per heavy atom. The van der Waals surface area contributed by atoms with Crippen molar-refractivity contribution in [3.8, 4) is 0 Å². The molecule has 4 rings (SSSR count). The van der Waals surface area contributed by atoms with E-state index >= 15 is 0 Å². The number of carbonyl (C=O) groups excluding carboxylic acids is 12. The Hall–Kier alpha value is -7.34. The number of nitrogens with two attached hydrogens (primary N) is 1. The molecule has 1 spiro atoms. The minimum Gasteiger partial charge on any atom is -0.458 e. The number of morpholine rings is 1. The number of nitrogens with zero attached hydrogens (tertiary/aromatic N) is 1. The van der Waals surface area contributed by atoms with E-state index in [1.165, 1.54) is 13.8 Å². The molecule has 1 aromatic rings. The maximum atomic E-state index is 14.4. The molecule has 0 radical (unpaired) electrons. The maximum Gasteiger partial charge on any atom is 0.329 e. The topological polar surface area (TPSA) is 425 Å². The second kappa shape index (κ2) is 36.6. The summed E-state index contributed by atoms with van der Waals surface area (Å²) in [4.78, 5) is 169. The van der Waals surface area contributed by atoms with Crippen LogP contribution < -0.4 is 64.2 Å². The quantitative estimate of drug-likeness (QED) is 0.0316. The molecule has 91 heavy (non-hydrogen) atoms. The van der Waals surface area contributed by atoms with Crippen LogP contribution in [0.1, 0.15) is 126 Å². The zero-order chi connectivity index (χ0) is 67.9. The second-order valence-electron chi connectivity index (χ2n) is 24.5. The van der Waals surface area contributed by atoms with Gasteiger partial charge in [0.25, 0.3) is 0 Å². The Morgan fingerprint density at radius 3 is 1.66 bits per heavy atom. The van der Waals surface area contributed by atoms with Gasteiger partial charge in [-0.25, -0.2) is 4.79 Å². The van der Waals surface area contributed by atoms with E-state index < -0.39 is 193 Å². The van der Waals surface area contributed by atoms with Crippen LogP contribution in [0.4, 0.5) is 0 Å². The third kappa shape index (κ3) is 21.9. The molecule has 29 heteroatoms. The van der Waals surface area contributed by atoms with Gasteiger partial charge in [0.05, 0.1) is 32.5 Å². The number of esters is 1. The van der Waals surface area contributed by atoms with Gasteiger partial charge in [0.15, 0.2) is 0 Å². The van der Waals surface area contributed by atoms with Gasteiger partial charge in [0.2, 0.25) is 65.0 Å². The van der Waals surface area contributed by atoms with Crippen molar-refractivity contribution in [3.05, 3.63) is 35.9 Å². The molecule has 11 amide bonds. The first-order valence-corrected chi connectivity index (χ1v) is 31.9. The molecule has 3 fully saturated rings. The number of amides is 11. The third-order valence-electron chi connectivity index (χ3n) is 17.9. The first-order chi connectivity index (χ1) is 43.1.